The summed E-state index contributed by atoms with van der Waals surface area (Å²) < 4.78 is 3.73. The van der Waals surface area contributed by atoms with Crippen LogP contribution in [0.4, 0.5) is 0 Å². The van der Waals surface area contributed by atoms with Gasteiger partial charge in [-0.2, -0.15) is 0 Å². The molecular weight excluding hydrogens is 462 g/mol. The molecule has 6 N–H and O–H groups in total. The van der Waals surface area contributed by atoms with Crippen LogP contribution < -0.4 is 17.0 Å². The summed E-state index contributed by atoms with van der Waals surface area (Å²) in [6.45, 7) is 0.837. The van der Waals surface area contributed by atoms with Crippen LogP contribution >= 0.6 is 0 Å². The molecule has 6 rings (SSSR count). The Balaban J connectivity index is 1.45. The molecule has 8 nitrogen and oxygen atoms in total. The van der Waals surface area contributed by atoms with Gasteiger partial charge in [0.05, 0.1) is 12.1 Å². The van der Waals surface area contributed by atoms with Gasteiger partial charge in [0.25, 0.3) is 5.56 Å². The molecule has 0 unspecified atom stereocenters. The van der Waals surface area contributed by atoms with Crippen LogP contribution in [0.1, 0.15) is 46.8 Å². The Bertz CT molecular complexity index is 1770. The second-order valence-corrected chi connectivity index (χ2v) is 9.69. The summed E-state index contributed by atoms with van der Waals surface area (Å²) in [6, 6.07) is 21.3. The maximum atomic E-state index is 13.8. The first-order chi connectivity index (χ1) is 17.9. The van der Waals surface area contributed by atoms with E-state index in [2.05, 4.69) is 22.8 Å². The molecule has 0 amide bonds. The van der Waals surface area contributed by atoms with Crippen LogP contribution in [-0.2, 0) is 13.1 Å². The van der Waals surface area contributed by atoms with Gasteiger partial charge in [0.15, 0.2) is 0 Å². The molecule has 1 aliphatic carbocycles. The topological polar surface area (TPSA) is 140 Å². The van der Waals surface area contributed by atoms with Crippen molar-refractivity contribution in [3.05, 3.63) is 111 Å². The van der Waals surface area contributed by atoms with Crippen molar-refractivity contribution in [1.29, 1.82) is 10.8 Å². The van der Waals surface area contributed by atoms with Crippen LogP contribution in [0.5, 0.6) is 0 Å². The number of benzene rings is 3. The smallest absolute Gasteiger partial charge is 0.277 e. The number of nitrogen functional groups attached to an aromatic ring is 2. The highest BCUT2D eigenvalue weighted by Gasteiger charge is 2.30. The van der Waals surface area contributed by atoms with Crippen molar-refractivity contribution in [2.75, 3.05) is 0 Å². The first-order valence-corrected chi connectivity index (χ1v) is 12.3. The second kappa shape index (κ2) is 8.74. The van der Waals surface area contributed by atoms with Gasteiger partial charge in [-0.15, -0.1) is 0 Å². The monoisotopic (exact) mass is 489 g/mol. The average molecular weight is 490 g/mol. The molecule has 3 aromatic carbocycles. The third-order valence-electron chi connectivity index (χ3n) is 7.05. The Kier molecular flexibility index (Phi) is 5.37. The molecule has 0 aliphatic heterocycles. The fraction of sp³-hybridized carbons (Fsp3) is 0.172. The molecule has 8 heteroatoms. The van der Waals surface area contributed by atoms with E-state index in [1.165, 1.54) is 0 Å². The zero-order valence-electron chi connectivity index (χ0n) is 20.2. The number of hydrogen-bond acceptors (Lipinski definition) is 4. The lowest BCUT2D eigenvalue weighted by molar-refractivity contribution is 0.725. The van der Waals surface area contributed by atoms with Gasteiger partial charge in [-0.3, -0.25) is 15.6 Å². The predicted octanol–water partition coefficient (Wildman–Crippen LogP) is 3.89. The summed E-state index contributed by atoms with van der Waals surface area (Å²) in [4.78, 5) is 18.7. The number of nitrogens with one attached hydrogen (secondary N) is 2. The van der Waals surface area contributed by atoms with Crippen LogP contribution in [0.2, 0.25) is 0 Å². The van der Waals surface area contributed by atoms with E-state index in [-0.39, 0.29) is 17.2 Å². The molecule has 1 aliphatic rings. The number of hydrogen-bond donors (Lipinski definition) is 4. The number of nitrogens with zero attached hydrogens (tertiary/aromatic N) is 3. The molecule has 2 heterocycles. The normalized spacial score (nSPS) is 13.3. The third kappa shape index (κ3) is 4.16. The maximum absolute atomic E-state index is 13.8. The minimum atomic E-state index is -0.116. The van der Waals surface area contributed by atoms with Gasteiger partial charge in [-0.25, -0.2) is 4.98 Å². The zero-order chi connectivity index (χ0) is 25.7. The number of rotatable bonds is 7. The number of imidazole rings is 1. The molecule has 0 saturated heterocycles. The van der Waals surface area contributed by atoms with Crippen molar-refractivity contribution in [2.24, 2.45) is 11.5 Å². The van der Waals surface area contributed by atoms with E-state index < -0.39 is 0 Å². The van der Waals surface area contributed by atoms with E-state index in [0.29, 0.717) is 41.2 Å². The van der Waals surface area contributed by atoms with Gasteiger partial charge in [0, 0.05) is 29.8 Å². The van der Waals surface area contributed by atoms with Crippen LogP contribution in [-0.4, -0.2) is 25.8 Å². The minimum Gasteiger partial charge on any atom is -0.384 e. The highest BCUT2D eigenvalue weighted by Crippen LogP contribution is 2.40. The summed E-state index contributed by atoms with van der Waals surface area (Å²) >= 11 is 0. The van der Waals surface area contributed by atoms with Gasteiger partial charge in [-0.05, 0) is 52.9 Å². The van der Waals surface area contributed by atoms with Gasteiger partial charge >= 0.3 is 0 Å². The van der Waals surface area contributed by atoms with Crippen molar-refractivity contribution in [1.82, 2.24) is 14.1 Å². The van der Waals surface area contributed by atoms with Crippen molar-refractivity contribution in [2.45, 2.75) is 31.8 Å². The molecule has 2 aromatic heterocycles. The Morgan fingerprint density at radius 1 is 0.919 bits per heavy atom. The van der Waals surface area contributed by atoms with Gasteiger partial charge in [0.2, 0.25) is 0 Å². The molecule has 0 radical (unpaired) electrons. The lowest BCUT2D eigenvalue weighted by Gasteiger charge is -2.13. The van der Waals surface area contributed by atoms with E-state index in [1.807, 2.05) is 42.5 Å². The zero-order valence-corrected chi connectivity index (χ0v) is 20.2. The van der Waals surface area contributed by atoms with Crippen molar-refractivity contribution >= 4 is 33.5 Å². The quantitative estimate of drug-likeness (QED) is 0.203. The van der Waals surface area contributed by atoms with Crippen LogP contribution in [0.25, 0.3) is 21.8 Å². The fourth-order valence-corrected chi connectivity index (χ4v) is 4.98. The van der Waals surface area contributed by atoms with Crippen LogP contribution in [0, 0.1) is 10.8 Å². The average Bonchev–Trinajstić information content (AvgIpc) is 3.67. The summed E-state index contributed by atoms with van der Waals surface area (Å²) in [7, 11) is 0. The Labute approximate surface area is 213 Å². The van der Waals surface area contributed by atoms with Gasteiger partial charge in [0.1, 0.15) is 23.0 Å². The molecule has 0 atom stereocenters. The number of aromatic nitrogens is 3. The molecule has 0 bridgehead atoms. The lowest BCUT2D eigenvalue weighted by atomic mass is 10.0. The van der Waals surface area contributed by atoms with Gasteiger partial charge < -0.3 is 20.6 Å². The summed E-state index contributed by atoms with van der Waals surface area (Å²) in [5, 5.41) is 17.7. The van der Waals surface area contributed by atoms with E-state index >= 15 is 0 Å². The molecule has 37 heavy (non-hydrogen) atoms. The maximum Gasteiger partial charge on any atom is 0.277 e. The van der Waals surface area contributed by atoms with E-state index in [0.717, 1.165) is 40.6 Å². The molecular formula is C29H27N7O. The fourth-order valence-electron chi connectivity index (χ4n) is 4.98. The molecule has 5 aromatic rings. The Hall–Kier alpha value is -4.72. The Morgan fingerprint density at radius 2 is 1.70 bits per heavy atom. The number of amidine groups is 2. The van der Waals surface area contributed by atoms with Crippen molar-refractivity contribution in [3.8, 4) is 0 Å². The third-order valence-corrected chi connectivity index (χ3v) is 7.05. The summed E-state index contributed by atoms with van der Waals surface area (Å²) in [5.74, 6) is 1.33. The van der Waals surface area contributed by atoms with Crippen LogP contribution in [0.15, 0.2) is 77.7 Å². The number of pyridine rings is 1. The second-order valence-electron chi connectivity index (χ2n) is 9.69. The molecule has 1 fully saturated rings. The minimum absolute atomic E-state index is 0.0185. The van der Waals surface area contributed by atoms with Gasteiger partial charge in [-0.1, -0.05) is 48.5 Å². The predicted molar refractivity (Wildman–Crippen MR) is 147 cm³/mol. The SMILES string of the molecule is N=C(N)c1ccc2ccc(Cn3c(C4CC4)nc4ccn(Cc5ccccc5C(=N)N)c(=O)c43)cc2c1. The van der Waals surface area contributed by atoms with Crippen LogP contribution in [0.3, 0.4) is 0 Å². The highest BCUT2D eigenvalue weighted by molar-refractivity contribution is 5.99. The summed E-state index contributed by atoms with van der Waals surface area (Å²) in [6.07, 6.45) is 3.92. The van der Waals surface area contributed by atoms with Crippen molar-refractivity contribution in [3.63, 3.8) is 0 Å². The van der Waals surface area contributed by atoms with E-state index in [9.17, 15) is 4.79 Å². The lowest BCUT2D eigenvalue weighted by Crippen LogP contribution is -2.24. The molecule has 184 valence electrons. The highest BCUT2D eigenvalue weighted by atomic mass is 16.1. The molecule has 1 saturated carbocycles. The Morgan fingerprint density at radius 3 is 2.46 bits per heavy atom. The largest absolute Gasteiger partial charge is 0.384 e. The standard InChI is InChI=1S/C29H27N7O/c30-26(31)20-10-7-18-6-5-17(13-22(18)14-20)15-36-25-24(34-28(36)19-8-9-19)11-12-35(29(25)37)16-21-3-1-2-4-23(21)27(32)33/h1-7,10-14,19H,8-9,15-16H2,(H3,30,31)(H3,32,33). The molecule has 0 spiro atoms. The first kappa shape index (κ1) is 22.7. The first-order valence-electron chi connectivity index (χ1n) is 12.3. The number of nitrogens with two attached hydrogens (primary N) is 2. The van der Waals surface area contributed by atoms with E-state index in [4.69, 9.17) is 27.3 Å². The van der Waals surface area contributed by atoms with Crippen molar-refractivity contribution < 1.29 is 0 Å². The summed E-state index contributed by atoms with van der Waals surface area (Å²) in [5.41, 5.74) is 15.8. The van der Waals surface area contributed by atoms with E-state index in [1.54, 1.807) is 16.8 Å². The number of fused-ring (bicyclic) bond motifs is 2.